The van der Waals surface area contributed by atoms with E-state index in [0.29, 0.717) is 74.5 Å². The predicted octanol–water partition coefficient (Wildman–Crippen LogP) is 6.07. The van der Waals surface area contributed by atoms with Gasteiger partial charge in [0.1, 0.15) is 24.9 Å². The number of ether oxygens (including phenoxy) is 4. The lowest BCUT2D eigenvalue weighted by Gasteiger charge is -2.33. The highest BCUT2D eigenvalue weighted by atomic mass is 32.2. The number of carbonyl (C=O) groups excluding carboxylic acids is 4. The standard InChI is InChI=1S/C43H57N3O10S/c1-6-42(5,7-2)56-37(48)22-33-27(4)20-26(3)10-8-9-11-28-23-43(28,41(50)45-57(51,52)30-12-13-30)24-35(47)34-21-29(25-46(34)40(33)49)55-39-32-14-15-36-38(54-19-18-53-36)31(32)16-17-44-39/h9,11,14-17,26-30,33-34H,6-8,10,12-13,18-25H2,1-5H3,(H,45,50)/b11-9-/t26-,27+,28+,29+,33-,34-,43+/m0/s1. The van der Waals surface area contributed by atoms with E-state index in [1.54, 1.807) is 12.3 Å². The number of fused-ring (bicyclic) bond motifs is 5. The molecule has 4 heterocycles. The van der Waals surface area contributed by atoms with Gasteiger partial charge in [0.05, 0.1) is 35.6 Å². The van der Waals surface area contributed by atoms with Crippen molar-refractivity contribution < 1.29 is 46.5 Å². The summed E-state index contributed by atoms with van der Waals surface area (Å²) in [6.45, 7) is 10.8. The largest absolute Gasteiger partial charge is 0.486 e. The lowest BCUT2D eigenvalue weighted by atomic mass is 9.82. The summed E-state index contributed by atoms with van der Waals surface area (Å²) in [5, 5.41) is 0.838. The van der Waals surface area contributed by atoms with Crippen LogP contribution in [0, 0.1) is 29.1 Å². The second-order valence-corrected chi connectivity index (χ2v) is 19.3. The average molecular weight is 808 g/mol. The number of hydrogen-bond donors (Lipinski definition) is 1. The maximum Gasteiger partial charge on any atom is 0.307 e. The van der Waals surface area contributed by atoms with Gasteiger partial charge in [-0.05, 0) is 94.2 Å². The quantitative estimate of drug-likeness (QED) is 0.219. The van der Waals surface area contributed by atoms with Gasteiger partial charge in [0.25, 0.3) is 0 Å². The van der Waals surface area contributed by atoms with Crippen LogP contribution in [0.15, 0.2) is 36.5 Å². The first-order chi connectivity index (χ1) is 27.2. The number of Topliss-reactive ketones (excluding diaryl/α,β-unsaturated/α-hetero) is 1. The molecule has 7 atom stereocenters. The molecule has 0 bridgehead atoms. The Morgan fingerprint density at radius 3 is 2.53 bits per heavy atom. The van der Waals surface area contributed by atoms with E-state index in [1.165, 1.54) is 4.90 Å². The zero-order valence-electron chi connectivity index (χ0n) is 33.8. The minimum atomic E-state index is -3.86. The van der Waals surface area contributed by atoms with E-state index in [9.17, 15) is 22.8 Å². The fourth-order valence-corrected chi connectivity index (χ4v) is 10.3. The highest BCUT2D eigenvalue weighted by molar-refractivity contribution is 7.90. The van der Waals surface area contributed by atoms with Crippen LogP contribution in [0.2, 0.25) is 0 Å². The number of allylic oxidation sites excluding steroid dienone is 2. The molecule has 14 heteroatoms. The van der Waals surface area contributed by atoms with Crippen LogP contribution < -0.4 is 18.9 Å². The number of rotatable bonds is 10. The first-order valence-corrected chi connectivity index (χ1v) is 22.3. The Bertz CT molecular complexity index is 2030. The van der Waals surface area contributed by atoms with Gasteiger partial charge < -0.3 is 23.8 Å². The summed E-state index contributed by atoms with van der Waals surface area (Å²) >= 11 is 0. The molecular formula is C43H57N3O10S. The second-order valence-electron chi connectivity index (χ2n) is 17.3. The summed E-state index contributed by atoms with van der Waals surface area (Å²) in [6.07, 6.45) is 9.44. The molecule has 2 saturated carbocycles. The number of sulfonamides is 1. The van der Waals surface area contributed by atoms with Crippen molar-refractivity contribution in [2.24, 2.45) is 29.1 Å². The molecular weight excluding hydrogens is 751 g/mol. The number of esters is 1. The van der Waals surface area contributed by atoms with Gasteiger partial charge in [0.2, 0.25) is 27.7 Å². The van der Waals surface area contributed by atoms with E-state index in [-0.39, 0.29) is 55.3 Å². The molecule has 0 unspecified atom stereocenters. The van der Waals surface area contributed by atoms with Gasteiger partial charge >= 0.3 is 5.97 Å². The molecule has 13 nitrogen and oxygen atoms in total. The topological polar surface area (TPSA) is 168 Å². The molecule has 1 saturated heterocycles. The van der Waals surface area contributed by atoms with E-state index in [0.717, 1.165) is 18.2 Å². The van der Waals surface area contributed by atoms with Crippen molar-refractivity contribution in [3.05, 3.63) is 36.5 Å². The van der Waals surface area contributed by atoms with Gasteiger partial charge in [-0.3, -0.25) is 23.9 Å². The van der Waals surface area contributed by atoms with Crippen molar-refractivity contribution in [1.82, 2.24) is 14.6 Å². The molecule has 5 aliphatic rings. The van der Waals surface area contributed by atoms with Gasteiger partial charge in [-0.15, -0.1) is 0 Å². The highest BCUT2D eigenvalue weighted by Crippen LogP contribution is 2.57. The minimum Gasteiger partial charge on any atom is -0.486 e. The SMILES string of the molecule is CCC(C)(CC)OC(=O)C[C@@H]1C(=O)N2C[C@H](Oc3nccc4c5c(ccc34)OCCO5)C[C@H]2C(=O)C[C@]2(C(=O)NS(=O)(=O)C3CC3)C[C@H]2/C=C\CC[C@H](C)C[C@H]1C. The van der Waals surface area contributed by atoms with Crippen molar-refractivity contribution in [2.75, 3.05) is 19.8 Å². The number of amides is 2. The third-order valence-corrected chi connectivity index (χ3v) is 14.9. The number of ketones is 1. The van der Waals surface area contributed by atoms with Crippen LogP contribution in [0.5, 0.6) is 17.4 Å². The fraction of sp³-hybridized carbons (Fsp3) is 0.651. The van der Waals surface area contributed by atoms with Gasteiger partial charge in [-0.1, -0.05) is 39.8 Å². The summed E-state index contributed by atoms with van der Waals surface area (Å²) in [5.74, 6) is -1.40. The molecule has 57 heavy (non-hydrogen) atoms. The van der Waals surface area contributed by atoms with Crippen molar-refractivity contribution in [2.45, 2.75) is 128 Å². The zero-order chi connectivity index (χ0) is 40.7. The second kappa shape index (κ2) is 16.2. The predicted molar refractivity (Wildman–Crippen MR) is 212 cm³/mol. The number of hydrogen-bond acceptors (Lipinski definition) is 11. The van der Waals surface area contributed by atoms with E-state index in [1.807, 2.05) is 52.0 Å². The minimum absolute atomic E-state index is 0.0475. The summed E-state index contributed by atoms with van der Waals surface area (Å²) in [5.41, 5.74) is -1.92. The monoisotopic (exact) mass is 807 g/mol. The highest BCUT2D eigenvalue weighted by Gasteiger charge is 2.61. The van der Waals surface area contributed by atoms with Gasteiger partial charge in [-0.25, -0.2) is 13.4 Å². The van der Waals surface area contributed by atoms with Crippen LogP contribution in [0.4, 0.5) is 0 Å². The molecule has 2 amide bonds. The number of aromatic nitrogens is 1. The fourth-order valence-electron chi connectivity index (χ4n) is 8.87. The number of nitrogens with zero attached hydrogens (tertiary/aromatic N) is 2. The average Bonchev–Trinajstić information content (AvgIpc) is 4.12. The third-order valence-electron chi connectivity index (χ3n) is 13.1. The molecule has 1 aromatic heterocycles. The van der Waals surface area contributed by atoms with Crippen molar-refractivity contribution in [3.63, 3.8) is 0 Å². The first kappa shape index (κ1) is 41.0. The van der Waals surface area contributed by atoms with Gasteiger partial charge in [-0.2, -0.15) is 0 Å². The summed E-state index contributed by atoms with van der Waals surface area (Å²) in [7, 11) is -3.86. The lowest BCUT2D eigenvalue weighted by Crippen LogP contribution is -2.47. The van der Waals surface area contributed by atoms with Crippen LogP contribution in [-0.4, -0.2) is 84.6 Å². The van der Waals surface area contributed by atoms with Crippen LogP contribution in [0.1, 0.15) is 105 Å². The maximum absolute atomic E-state index is 15.0. The molecule has 1 aromatic carbocycles. The molecule has 0 spiro atoms. The van der Waals surface area contributed by atoms with Gasteiger partial charge in [0.15, 0.2) is 17.3 Å². The van der Waals surface area contributed by atoms with Gasteiger partial charge in [0, 0.05) is 29.8 Å². The summed E-state index contributed by atoms with van der Waals surface area (Å²) in [4.78, 5) is 63.3. The molecule has 3 fully saturated rings. The van der Waals surface area contributed by atoms with E-state index >= 15 is 4.79 Å². The molecule has 0 radical (unpaired) electrons. The lowest BCUT2D eigenvalue weighted by molar-refractivity contribution is -0.163. The Balaban J connectivity index is 1.22. The van der Waals surface area contributed by atoms with E-state index in [4.69, 9.17) is 18.9 Å². The molecule has 2 aliphatic carbocycles. The Labute approximate surface area is 335 Å². The van der Waals surface area contributed by atoms with E-state index in [2.05, 4.69) is 16.6 Å². The number of carbonyl (C=O) groups is 4. The normalized spacial score (nSPS) is 30.0. The van der Waals surface area contributed by atoms with Crippen LogP contribution in [0.25, 0.3) is 10.8 Å². The van der Waals surface area contributed by atoms with Crippen LogP contribution in [-0.2, 0) is 33.9 Å². The maximum atomic E-state index is 15.0. The first-order valence-electron chi connectivity index (χ1n) is 20.8. The Morgan fingerprint density at radius 1 is 1.04 bits per heavy atom. The number of pyridine rings is 1. The molecule has 2 aromatic rings. The molecule has 1 N–H and O–H groups in total. The Hall–Kier alpha value is -4.20. The molecule has 7 rings (SSSR count). The Morgan fingerprint density at radius 2 is 1.79 bits per heavy atom. The van der Waals surface area contributed by atoms with Crippen LogP contribution in [0.3, 0.4) is 0 Å². The van der Waals surface area contributed by atoms with Crippen LogP contribution >= 0.6 is 0 Å². The summed E-state index contributed by atoms with van der Waals surface area (Å²) in [6, 6.07) is 4.49. The van der Waals surface area contributed by atoms with Crippen molar-refractivity contribution >= 4 is 44.4 Å². The molecule has 310 valence electrons. The number of nitrogens with one attached hydrogen (secondary N) is 1. The van der Waals surface area contributed by atoms with Crippen molar-refractivity contribution in [1.29, 1.82) is 0 Å². The molecule has 3 aliphatic heterocycles. The third kappa shape index (κ3) is 8.66. The number of benzene rings is 1. The zero-order valence-corrected chi connectivity index (χ0v) is 34.6. The van der Waals surface area contributed by atoms with Crippen molar-refractivity contribution in [3.8, 4) is 17.4 Å². The smallest absolute Gasteiger partial charge is 0.307 e. The summed E-state index contributed by atoms with van der Waals surface area (Å²) < 4.78 is 52.5. The Kier molecular flexibility index (Phi) is 11.7. The van der Waals surface area contributed by atoms with E-state index < -0.39 is 56.2 Å².